The second kappa shape index (κ2) is 7.77. The Balaban J connectivity index is 1.69. The Hall–Kier alpha value is -2.11. The molecule has 2 atom stereocenters. The fourth-order valence-electron chi connectivity index (χ4n) is 2.67. The van der Waals surface area contributed by atoms with Gasteiger partial charge >= 0.3 is 5.97 Å². The van der Waals surface area contributed by atoms with Crippen molar-refractivity contribution in [2.24, 2.45) is 11.8 Å². The first-order valence-electron chi connectivity index (χ1n) is 7.45. The summed E-state index contributed by atoms with van der Waals surface area (Å²) >= 11 is 0. The highest BCUT2D eigenvalue weighted by atomic mass is 19.1. The van der Waals surface area contributed by atoms with Crippen LogP contribution in [-0.2, 0) is 9.59 Å². The maximum absolute atomic E-state index is 12.7. The van der Waals surface area contributed by atoms with Crippen LogP contribution in [-0.4, -0.2) is 30.1 Å². The quantitative estimate of drug-likeness (QED) is 0.790. The van der Waals surface area contributed by atoms with Crippen LogP contribution in [0.5, 0.6) is 5.75 Å². The number of aliphatic carboxylic acids is 1. The molecule has 2 unspecified atom stereocenters. The maximum Gasteiger partial charge on any atom is 0.306 e. The smallest absolute Gasteiger partial charge is 0.306 e. The van der Waals surface area contributed by atoms with Gasteiger partial charge in [-0.05, 0) is 43.5 Å². The van der Waals surface area contributed by atoms with E-state index in [1.807, 2.05) is 0 Å². The first-order valence-corrected chi connectivity index (χ1v) is 7.45. The number of benzene rings is 1. The van der Waals surface area contributed by atoms with E-state index in [4.69, 9.17) is 9.84 Å². The number of hydrogen-bond acceptors (Lipinski definition) is 3. The normalized spacial score (nSPS) is 21.1. The molecule has 1 aliphatic carbocycles. The maximum atomic E-state index is 12.7. The molecular formula is C16H20FNO4. The van der Waals surface area contributed by atoms with E-state index in [9.17, 15) is 14.0 Å². The number of halogens is 1. The Morgan fingerprint density at radius 1 is 1.23 bits per heavy atom. The van der Waals surface area contributed by atoms with Gasteiger partial charge in [0.15, 0.2) is 0 Å². The summed E-state index contributed by atoms with van der Waals surface area (Å²) in [4.78, 5) is 23.0. The Morgan fingerprint density at radius 3 is 2.59 bits per heavy atom. The number of carbonyl (C=O) groups is 2. The molecule has 1 amide bonds. The molecule has 0 heterocycles. The molecule has 0 saturated heterocycles. The number of carboxylic acid groups (broad SMARTS) is 1. The molecule has 2 N–H and O–H groups in total. The van der Waals surface area contributed by atoms with Crippen molar-refractivity contribution in [1.82, 2.24) is 5.32 Å². The number of amides is 1. The highest BCUT2D eigenvalue weighted by molar-refractivity contribution is 5.80. The minimum absolute atomic E-state index is 0.117. The minimum Gasteiger partial charge on any atom is -0.492 e. The van der Waals surface area contributed by atoms with Crippen molar-refractivity contribution < 1.29 is 23.8 Å². The lowest BCUT2D eigenvalue weighted by Gasteiger charge is -2.25. The summed E-state index contributed by atoms with van der Waals surface area (Å²) in [5.74, 6) is -1.38. The zero-order valence-electron chi connectivity index (χ0n) is 12.3. The van der Waals surface area contributed by atoms with Gasteiger partial charge in [0.25, 0.3) is 0 Å². The lowest BCUT2D eigenvalue weighted by Crippen LogP contribution is -2.37. The molecule has 120 valence electrons. The molecule has 0 bridgehead atoms. The van der Waals surface area contributed by atoms with Gasteiger partial charge in [0.05, 0.1) is 12.5 Å². The van der Waals surface area contributed by atoms with E-state index in [0.29, 0.717) is 25.1 Å². The van der Waals surface area contributed by atoms with Crippen molar-refractivity contribution in [2.45, 2.75) is 25.7 Å². The molecule has 2 rings (SSSR count). The fourth-order valence-corrected chi connectivity index (χ4v) is 2.67. The molecule has 0 spiro atoms. The summed E-state index contributed by atoms with van der Waals surface area (Å²) < 4.78 is 18.1. The third-order valence-electron chi connectivity index (χ3n) is 3.88. The lowest BCUT2D eigenvalue weighted by molar-refractivity contribution is -0.144. The SMILES string of the molecule is O=C(O)C1CCCC(C(=O)NCCOc2ccc(F)cc2)C1. The van der Waals surface area contributed by atoms with Crippen LogP contribution < -0.4 is 10.1 Å². The number of carboxylic acids is 1. The van der Waals surface area contributed by atoms with Crippen molar-refractivity contribution in [2.75, 3.05) is 13.2 Å². The molecule has 1 aromatic carbocycles. The Bertz CT molecular complexity index is 517. The molecule has 1 aromatic rings. The standard InChI is InChI=1S/C16H20FNO4/c17-13-4-6-14(7-5-13)22-9-8-18-15(19)11-2-1-3-12(10-11)16(20)21/h4-7,11-12H,1-3,8-10H2,(H,18,19)(H,20,21). The van der Waals surface area contributed by atoms with Gasteiger partial charge in [0.1, 0.15) is 18.2 Å². The van der Waals surface area contributed by atoms with E-state index in [0.717, 1.165) is 12.8 Å². The number of nitrogens with one attached hydrogen (secondary N) is 1. The van der Waals surface area contributed by atoms with Crippen LogP contribution in [0.25, 0.3) is 0 Å². The molecule has 5 nitrogen and oxygen atoms in total. The largest absolute Gasteiger partial charge is 0.492 e. The second-order valence-electron chi connectivity index (χ2n) is 5.49. The van der Waals surface area contributed by atoms with Crippen LogP contribution in [0.1, 0.15) is 25.7 Å². The van der Waals surface area contributed by atoms with Crippen LogP contribution in [0.2, 0.25) is 0 Å². The zero-order valence-corrected chi connectivity index (χ0v) is 12.3. The molecule has 22 heavy (non-hydrogen) atoms. The fraction of sp³-hybridized carbons (Fsp3) is 0.500. The summed E-state index contributed by atoms with van der Waals surface area (Å²) in [6, 6.07) is 5.66. The number of hydrogen-bond donors (Lipinski definition) is 2. The third-order valence-corrected chi connectivity index (χ3v) is 3.88. The first-order chi connectivity index (χ1) is 10.6. The minimum atomic E-state index is -0.822. The van der Waals surface area contributed by atoms with Crippen LogP contribution in [0.15, 0.2) is 24.3 Å². The molecule has 0 aromatic heterocycles. The summed E-state index contributed by atoms with van der Waals surface area (Å²) in [6.45, 7) is 0.622. The predicted octanol–water partition coefficient (Wildman–Crippen LogP) is 2.21. The van der Waals surface area contributed by atoms with Crippen molar-refractivity contribution >= 4 is 11.9 Å². The van der Waals surface area contributed by atoms with Gasteiger partial charge < -0.3 is 15.2 Å². The second-order valence-corrected chi connectivity index (χ2v) is 5.49. The van der Waals surface area contributed by atoms with Crippen LogP contribution in [0.3, 0.4) is 0 Å². The lowest BCUT2D eigenvalue weighted by atomic mass is 9.81. The van der Waals surface area contributed by atoms with Crippen molar-refractivity contribution in [3.8, 4) is 5.75 Å². The van der Waals surface area contributed by atoms with Crippen LogP contribution >= 0.6 is 0 Å². The predicted molar refractivity (Wildman–Crippen MR) is 78.0 cm³/mol. The summed E-state index contributed by atoms with van der Waals surface area (Å²) in [5.41, 5.74) is 0. The van der Waals surface area contributed by atoms with Gasteiger partial charge in [0, 0.05) is 5.92 Å². The summed E-state index contributed by atoms with van der Waals surface area (Å²) in [5, 5.41) is 11.8. The Kier molecular flexibility index (Phi) is 5.75. The highest BCUT2D eigenvalue weighted by Gasteiger charge is 2.30. The zero-order chi connectivity index (χ0) is 15.9. The van der Waals surface area contributed by atoms with Gasteiger partial charge in [-0.15, -0.1) is 0 Å². The monoisotopic (exact) mass is 309 g/mol. The number of rotatable bonds is 6. The van der Waals surface area contributed by atoms with Gasteiger partial charge in [0.2, 0.25) is 5.91 Å². The molecule has 1 fully saturated rings. The highest BCUT2D eigenvalue weighted by Crippen LogP contribution is 2.29. The van der Waals surface area contributed by atoms with E-state index in [1.165, 1.54) is 24.3 Å². The molecular weight excluding hydrogens is 289 g/mol. The van der Waals surface area contributed by atoms with E-state index in [2.05, 4.69) is 5.32 Å². The molecule has 0 aliphatic heterocycles. The summed E-state index contributed by atoms with van der Waals surface area (Å²) in [6.07, 6.45) is 2.54. The third kappa shape index (κ3) is 4.72. The van der Waals surface area contributed by atoms with E-state index < -0.39 is 11.9 Å². The number of carbonyl (C=O) groups excluding carboxylic acids is 1. The van der Waals surface area contributed by atoms with Gasteiger partial charge in [-0.1, -0.05) is 6.42 Å². The topological polar surface area (TPSA) is 75.6 Å². The average molecular weight is 309 g/mol. The van der Waals surface area contributed by atoms with Crippen LogP contribution in [0.4, 0.5) is 4.39 Å². The molecule has 0 radical (unpaired) electrons. The van der Waals surface area contributed by atoms with E-state index in [-0.39, 0.29) is 24.2 Å². The molecule has 1 saturated carbocycles. The van der Waals surface area contributed by atoms with Crippen molar-refractivity contribution in [3.63, 3.8) is 0 Å². The van der Waals surface area contributed by atoms with Gasteiger partial charge in [-0.2, -0.15) is 0 Å². The van der Waals surface area contributed by atoms with Crippen molar-refractivity contribution in [3.05, 3.63) is 30.1 Å². The van der Waals surface area contributed by atoms with E-state index >= 15 is 0 Å². The summed E-state index contributed by atoms with van der Waals surface area (Å²) in [7, 11) is 0. The van der Waals surface area contributed by atoms with Gasteiger partial charge in [-0.3, -0.25) is 9.59 Å². The van der Waals surface area contributed by atoms with Crippen LogP contribution in [0, 0.1) is 17.7 Å². The first kappa shape index (κ1) is 16.3. The Labute approximate surface area is 128 Å². The average Bonchev–Trinajstić information content (AvgIpc) is 2.53. The molecule has 6 heteroatoms. The molecule has 1 aliphatic rings. The Morgan fingerprint density at radius 2 is 1.91 bits per heavy atom. The van der Waals surface area contributed by atoms with E-state index in [1.54, 1.807) is 0 Å². The number of ether oxygens (including phenoxy) is 1. The van der Waals surface area contributed by atoms with Crippen molar-refractivity contribution in [1.29, 1.82) is 0 Å². The van der Waals surface area contributed by atoms with Gasteiger partial charge in [-0.25, -0.2) is 4.39 Å².